The summed E-state index contributed by atoms with van der Waals surface area (Å²) in [5.74, 6) is -0.666. The van der Waals surface area contributed by atoms with Crippen LogP contribution in [0.4, 0.5) is 10.5 Å². The minimum absolute atomic E-state index is 0.342. The number of carboxylic acids is 1. The fourth-order valence-electron chi connectivity index (χ4n) is 1.64. The molecule has 1 atom stereocenters. The van der Waals surface area contributed by atoms with Crippen molar-refractivity contribution in [3.05, 3.63) is 29.8 Å². The monoisotopic (exact) mass is 264 g/mol. The molecule has 0 aliphatic carbocycles. The lowest BCUT2D eigenvalue weighted by Crippen LogP contribution is -2.42. The van der Waals surface area contributed by atoms with Crippen molar-refractivity contribution in [1.29, 1.82) is 0 Å². The molecule has 5 nitrogen and oxygen atoms in total. The van der Waals surface area contributed by atoms with E-state index in [4.69, 9.17) is 5.11 Å². The number of anilines is 1. The predicted octanol–water partition coefficient (Wildman–Crippen LogP) is 2.79. The number of hydrogen-bond donors (Lipinski definition) is 3. The van der Waals surface area contributed by atoms with Crippen molar-refractivity contribution in [3.63, 3.8) is 0 Å². The molecule has 1 aromatic rings. The van der Waals surface area contributed by atoms with Crippen LogP contribution in [0.3, 0.4) is 0 Å². The van der Waals surface area contributed by atoms with Gasteiger partial charge < -0.3 is 15.7 Å². The summed E-state index contributed by atoms with van der Waals surface area (Å²) in [6, 6.07) is 6.13. The van der Waals surface area contributed by atoms with E-state index in [0.717, 1.165) is 5.56 Å². The van der Waals surface area contributed by atoms with E-state index in [1.54, 1.807) is 13.0 Å². The molecule has 0 unspecified atom stereocenters. The predicted molar refractivity (Wildman–Crippen MR) is 74.4 cm³/mol. The number of amides is 2. The van der Waals surface area contributed by atoms with Crippen LogP contribution in [0.1, 0.15) is 38.7 Å². The number of benzene rings is 1. The number of hydrogen-bond acceptors (Lipinski definition) is 2. The van der Waals surface area contributed by atoms with Crippen LogP contribution >= 0.6 is 0 Å². The molecule has 0 aliphatic heterocycles. The number of carboxylic acid groups (broad SMARTS) is 1. The van der Waals surface area contributed by atoms with Gasteiger partial charge in [-0.25, -0.2) is 9.59 Å². The van der Waals surface area contributed by atoms with Gasteiger partial charge in [0.2, 0.25) is 0 Å². The van der Waals surface area contributed by atoms with E-state index >= 15 is 0 Å². The molecule has 104 valence electrons. The van der Waals surface area contributed by atoms with Gasteiger partial charge in [0.1, 0.15) is 6.04 Å². The van der Waals surface area contributed by atoms with E-state index in [9.17, 15) is 9.59 Å². The Bertz CT molecular complexity index is 458. The number of nitrogens with one attached hydrogen (secondary N) is 2. The van der Waals surface area contributed by atoms with Crippen molar-refractivity contribution in [3.8, 4) is 0 Å². The van der Waals surface area contributed by atoms with Gasteiger partial charge in [-0.2, -0.15) is 0 Å². The van der Waals surface area contributed by atoms with Gasteiger partial charge in [0, 0.05) is 5.69 Å². The number of carbonyl (C=O) groups excluding carboxylic acids is 1. The fourth-order valence-corrected chi connectivity index (χ4v) is 1.64. The highest BCUT2D eigenvalue weighted by atomic mass is 16.4. The Morgan fingerprint density at radius 2 is 2.00 bits per heavy atom. The molecule has 1 aromatic carbocycles. The fraction of sp³-hybridized carbons (Fsp3) is 0.429. The molecule has 3 N–H and O–H groups in total. The van der Waals surface area contributed by atoms with E-state index in [0.29, 0.717) is 18.0 Å². The Labute approximate surface area is 113 Å². The molecule has 0 bridgehead atoms. The highest BCUT2D eigenvalue weighted by molar-refractivity contribution is 5.92. The maximum absolute atomic E-state index is 11.7. The highest BCUT2D eigenvalue weighted by Crippen LogP contribution is 2.18. The first-order valence-corrected chi connectivity index (χ1v) is 6.34. The second-order valence-corrected chi connectivity index (χ2v) is 4.68. The van der Waals surface area contributed by atoms with Crippen molar-refractivity contribution in [1.82, 2.24) is 5.32 Å². The Balaban J connectivity index is 2.66. The third-order valence-electron chi connectivity index (χ3n) is 2.82. The van der Waals surface area contributed by atoms with Gasteiger partial charge in [-0.05, 0) is 30.0 Å². The molecule has 0 aromatic heterocycles. The topological polar surface area (TPSA) is 78.4 Å². The lowest BCUT2D eigenvalue weighted by atomic mass is 10.0. The van der Waals surface area contributed by atoms with Crippen molar-refractivity contribution in [2.75, 3.05) is 5.32 Å². The Morgan fingerprint density at radius 1 is 1.32 bits per heavy atom. The average molecular weight is 264 g/mol. The zero-order chi connectivity index (χ0) is 14.4. The van der Waals surface area contributed by atoms with Gasteiger partial charge in [-0.3, -0.25) is 0 Å². The second kappa shape index (κ2) is 6.78. The molecule has 0 heterocycles. The van der Waals surface area contributed by atoms with Gasteiger partial charge in [0.05, 0.1) is 0 Å². The molecular formula is C14H20N2O3. The quantitative estimate of drug-likeness (QED) is 0.765. The molecule has 2 amide bonds. The summed E-state index contributed by atoms with van der Waals surface area (Å²) in [4.78, 5) is 22.5. The largest absolute Gasteiger partial charge is 0.480 e. The molecule has 0 radical (unpaired) electrons. The molecule has 1 rings (SSSR count). The van der Waals surface area contributed by atoms with Crippen molar-refractivity contribution in [2.45, 2.75) is 39.2 Å². The van der Waals surface area contributed by atoms with E-state index < -0.39 is 18.0 Å². The third kappa shape index (κ3) is 4.62. The number of aliphatic carboxylic acids is 1. The lowest BCUT2D eigenvalue weighted by Gasteiger charge is -2.14. The van der Waals surface area contributed by atoms with Crippen LogP contribution in [0.2, 0.25) is 0 Å². The molecule has 0 spiro atoms. The second-order valence-electron chi connectivity index (χ2n) is 4.68. The SMILES string of the molecule is CC[C@@H](NC(=O)Nc1cccc(C(C)C)c1)C(=O)O. The summed E-state index contributed by atoms with van der Waals surface area (Å²) in [6.07, 6.45) is 0.342. The van der Waals surface area contributed by atoms with Crippen LogP contribution in [-0.2, 0) is 4.79 Å². The molecule has 19 heavy (non-hydrogen) atoms. The van der Waals surface area contributed by atoms with Gasteiger partial charge in [-0.1, -0.05) is 32.9 Å². The number of urea groups is 1. The van der Waals surface area contributed by atoms with E-state index in [2.05, 4.69) is 24.5 Å². The summed E-state index contributed by atoms with van der Waals surface area (Å²) >= 11 is 0. The third-order valence-corrected chi connectivity index (χ3v) is 2.82. The van der Waals surface area contributed by atoms with Crippen LogP contribution in [-0.4, -0.2) is 23.1 Å². The van der Waals surface area contributed by atoms with E-state index in [1.165, 1.54) is 0 Å². The van der Waals surface area contributed by atoms with Crippen LogP contribution in [0.5, 0.6) is 0 Å². The lowest BCUT2D eigenvalue weighted by molar-refractivity contribution is -0.139. The summed E-state index contributed by atoms with van der Waals surface area (Å²) in [6.45, 7) is 5.84. The Hall–Kier alpha value is -2.04. The average Bonchev–Trinajstić information content (AvgIpc) is 2.35. The molecule has 0 fully saturated rings. The first-order valence-electron chi connectivity index (χ1n) is 6.34. The summed E-state index contributed by atoms with van der Waals surface area (Å²) < 4.78 is 0. The van der Waals surface area contributed by atoms with Crippen molar-refractivity contribution in [2.24, 2.45) is 0 Å². The highest BCUT2D eigenvalue weighted by Gasteiger charge is 2.17. The number of rotatable bonds is 5. The standard InChI is InChI=1S/C14H20N2O3/c1-4-12(13(17)18)16-14(19)15-11-7-5-6-10(8-11)9(2)3/h5-9,12H,4H2,1-3H3,(H,17,18)(H2,15,16,19)/t12-/m1/s1. The zero-order valence-corrected chi connectivity index (χ0v) is 11.4. The first kappa shape index (κ1) is 15.0. The van der Waals surface area contributed by atoms with Crippen molar-refractivity contribution >= 4 is 17.7 Å². The maximum atomic E-state index is 11.7. The minimum atomic E-state index is -1.03. The van der Waals surface area contributed by atoms with Crippen LogP contribution in [0.15, 0.2) is 24.3 Å². The molecule has 0 aliphatic rings. The minimum Gasteiger partial charge on any atom is -0.480 e. The van der Waals surface area contributed by atoms with Gasteiger partial charge >= 0.3 is 12.0 Å². The van der Waals surface area contributed by atoms with E-state index in [1.807, 2.05) is 18.2 Å². The molecule has 0 saturated carbocycles. The molecular weight excluding hydrogens is 244 g/mol. The summed E-state index contributed by atoms with van der Waals surface area (Å²) in [5, 5.41) is 13.9. The summed E-state index contributed by atoms with van der Waals surface area (Å²) in [7, 11) is 0. The Kier molecular flexibility index (Phi) is 5.36. The Morgan fingerprint density at radius 3 is 2.53 bits per heavy atom. The van der Waals surface area contributed by atoms with Crippen LogP contribution in [0, 0.1) is 0 Å². The van der Waals surface area contributed by atoms with Crippen LogP contribution < -0.4 is 10.6 Å². The zero-order valence-electron chi connectivity index (χ0n) is 11.4. The van der Waals surface area contributed by atoms with Gasteiger partial charge in [0.15, 0.2) is 0 Å². The van der Waals surface area contributed by atoms with Crippen LogP contribution in [0.25, 0.3) is 0 Å². The van der Waals surface area contributed by atoms with Gasteiger partial charge in [0.25, 0.3) is 0 Å². The van der Waals surface area contributed by atoms with E-state index in [-0.39, 0.29) is 0 Å². The molecule has 5 heteroatoms. The normalized spacial score (nSPS) is 12.0. The van der Waals surface area contributed by atoms with Crippen molar-refractivity contribution < 1.29 is 14.7 Å². The van der Waals surface area contributed by atoms with Gasteiger partial charge in [-0.15, -0.1) is 0 Å². The number of carbonyl (C=O) groups is 2. The summed E-state index contributed by atoms with van der Waals surface area (Å²) in [5.41, 5.74) is 1.77. The smallest absolute Gasteiger partial charge is 0.326 e. The first-order chi connectivity index (χ1) is 8.93. The molecule has 0 saturated heterocycles. The maximum Gasteiger partial charge on any atom is 0.326 e.